The van der Waals surface area contributed by atoms with Gasteiger partial charge in [-0.25, -0.2) is 4.98 Å². The maximum absolute atomic E-state index is 12.2. The first kappa shape index (κ1) is 18.5. The third-order valence-corrected chi connectivity index (χ3v) is 4.21. The molecular weight excluding hydrogens is 340 g/mol. The van der Waals surface area contributed by atoms with Gasteiger partial charge in [0.2, 0.25) is 0 Å². The Morgan fingerprint density at radius 1 is 1.11 bits per heavy atom. The van der Waals surface area contributed by atoms with Crippen LogP contribution in [0.3, 0.4) is 0 Å². The summed E-state index contributed by atoms with van der Waals surface area (Å²) < 4.78 is 0. The molecule has 27 heavy (non-hydrogen) atoms. The van der Waals surface area contributed by atoms with Gasteiger partial charge in [0.05, 0.1) is 0 Å². The number of nitrogens with zero attached hydrogens (tertiary/aromatic N) is 2. The Balaban J connectivity index is 1.53. The van der Waals surface area contributed by atoms with E-state index in [1.165, 1.54) is 6.20 Å². The van der Waals surface area contributed by atoms with Gasteiger partial charge in [-0.1, -0.05) is 29.8 Å². The summed E-state index contributed by atoms with van der Waals surface area (Å²) in [6.07, 6.45) is 5.70. The fourth-order valence-electron chi connectivity index (χ4n) is 2.77. The normalized spacial score (nSPS) is 10.6. The van der Waals surface area contributed by atoms with Crippen LogP contribution in [0, 0.1) is 6.92 Å². The number of nitrogens with one attached hydrogen (secondary N) is 2. The minimum atomic E-state index is -0.438. The fraction of sp³-hybridized carbons (Fsp3) is 0.238. The standard InChI is InChI=1S/C21H22N4O2/c1-15-7-6-8-16(13-15)19-24-14-18(21(27)25-19)20(26)23-12-5-3-10-17-9-2-4-11-22-17/h2,4,6-9,11,13-14H,3,5,10,12H2,1H3,(H,23,26)(H,24,25,27). The molecule has 0 unspecified atom stereocenters. The maximum atomic E-state index is 12.2. The number of carbonyl (C=O) groups is 1. The predicted molar refractivity (Wildman–Crippen MR) is 105 cm³/mol. The molecule has 0 aliphatic rings. The summed E-state index contributed by atoms with van der Waals surface area (Å²) in [5, 5.41) is 2.78. The van der Waals surface area contributed by atoms with Crippen molar-refractivity contribution in [2.45, 2.75) is 26.2 Å². The highest BCUT2D eigenvalue weighted by molar-refractivity contribution is 5.93. The van der Waals surface area contributed by atoms with Gasteiger partial charge in [0.15, 0.2) is 0 Å². The SMILES string of the molecule is Cc1cccc(-c2ncc(C(=O)NCCCCc3ccccn3)c(=O)[nH]2)c1. The molecule has 3 rings (SSSR count). The minimum Gasteiger partial charge on any atom is -0.352 e. The minimum absolute atomic E-state index is 0.0242. The van der Waals surface area contributed by atoms with E-state index < -0.39 is 11.5 Å². The molecular formula is C21H22N4O2. The second kappa shape index (κ2) is 8.89. The lowest BCUT2D eigenvalue weighted by Crippen LogP contribution is -2.30. The summed E-state index contributed by atoms with van der Waals surface area (Å²) in [4.78, 5) is 35.7. The van der Waals surface area contributed by atoms with Gasteiger partial charge in [-0.15, -0.1) is 0 Å². The molecule has 2 aromatic heterocycles. The fourth-order valence-corrected chi connectivity index (χ4v) is 2.77. The van der Waals surface area contributed by atoms with Crippen molar-refractivity contribution in [1.29, 1.82) is 0 Å². The summed E-state index contributed by atoms with van der Waals surface area (Å²) in [5.74, 6) is 0.0491. The third kappa shape index (κ3) is 5.10. The second-order valence-corrected chi connectivity index (χ2v) is 6.38. The number of aromatic amines is 1. The zero-order chi connectivity index (χ0) is 19.1. The van der Waals surface area contributed by atoms with E-state index in [9.17, 15) is 9.59 Å². The number of benzene rings is 1. The predicted octanol–water partition coefficient (Wildman–Crippen LogP) is 2.89. The van der Waals surface area contributed by atoms with Crippen LogP contribution in [0.4, 0.5) is 0 Å². The monoisotopic (exact) mass is 362 g/mol. The van der Waals surface area contributed by atoms with Gasteiger partial charge in [0, 0.05) is 30.2 Å². The number of amides is 1. The van der Waals surface area contributed by atoms with Gasteiger partial charge < -0.3 is 10.3 Å². The van der Waals surface area contributed by atoms with E-state index in [1.807, 2.05) is 49.4 Å². The Bertz CT molecular complexity index is 967. The van der Waals surface area contributed by atoms with Crippen LogP contribution in [0.25, 0.3) is 11.4 Å². The van der Waals surface area contributed by atoms with Gasteiger partial charge >= 0.3 is 0 Å². The molecule has 0 fully saturated rings. The molecule has 0 saturated heterocycles. The molecule has 0 bridgehead atoms. The number of hydrogen-bond donors (Lipinski definition) is 2. The quantitative estimate of drug-likeness (QED) is 0.633. The summed E-state index contributed by atoms with van der Waals surface area (Å²) in [7, 11) is 0. The van der Waals surface area contributed by atoms with Gasteiger partial charge in [-0.05, 0) is 44.4 Å². The van der Waals surface area contributed by atoms with Crippen molar-refractivity contribution in [3.05, 3.63) is 82.0 Å². The van der Waals surface area contributed by atoms with Gasteiger partial charge in [-0.2, -0.15) is 0 Å². The van der Waals surface area contributed by atoms with Gasteiger partial charge in [0.25, 0.3) is 11.5 Å². The Morgan fingerprint density at radius 3 is 2.74 bits per heavy atom. The smallest absolute Gasteiger partial charge is 0.264 e. The van der Waals surface area contributed by atoms with Crippen LogP contribution in [-0.4, -0.2) is 27.4 Å². The first-order valence-corrected chi connectivity index (χ1v) is 8.98. The third-order valence-electron chi connectivity index (χ3n) is 4.21. The van der Waals surface area contributed by atoms with E-state index in [0.29, 0.717) is 12.4 Å². The average Bonchev–Trinajstić information content (AvgIpc) is 2.68. The summed E-state index contributed by atoms with van der Waals surface area (Å²) in [6.45, 7) is 2.47. The van der Waals surface area contributed by atoms with E-state index in [4.69, 9.17) is 0 Å². The van der Waals surface area contributed by atoms with E-state index in [2.05, 4.69) is 20.3 Å². The van der Waals surface area contributed by atoms with E-state index >= 15 is 0 Å². The zero-order valence-corrected chi connectivity index (χ0v) is 15.2. The van der Waals surface area contributed by atoms with Gasteiger partial charge in [-0.3, -0.25) is 14.6 Å². The number of unbranched alkanes of at least 4 members (excludes halogenated alkanes) is 1. The topological polar surface area (TPSA) is 87.7 Å². The molecule has 6 nitrogen and oxygen atoms in total. The number of carbonyl (C=O) groups excluding carboxylic acids is 1. The van der Waals surface area contributed by atoms with Crippen LogP contribution in [0.1, 0.15) is 34.5 Å². The van der Waals surface area contributed by atoms with Crippen LogP contribution in [-0.2, 0) is 6.42 Å². The molecule has 6 heteroatoms. The second-order valence-electron chi connectivity index (χ2n) is 6.38. The van der Waals surface area contributed by atoms with Crippen molar-refractivity contribution in [3.8, 4) is 11.4 Å². The Kier molecular flexibility index (Phi) is 6.10. The van der Waals surface area contributed by atoms with Crippen molar-refractivity contribution >= 4 is 5.91 Å². The van der Waals surface area contributed by atoms with E-state index in [-0.39, 0.29) is 5.56 Å². The first-order chi connectivity index (χ1) is 13.1. The number of aryl methyl sites for hydroxylation is 2. The van der Waals surface area contributed by atoms with Crippen molar-refractivity contribution in [3.63, 3.8) is 0 Å². The number of pyridine rings is 1. The highest BCUT2D eigenvalue weighted by Crippen LogP contribution is 2.14. The number of H-pyrrole nitrogens is 1. The highest BCUT2D eigenvalue weighted by atomic mass is 16.2. The molecule has 2 N–H and O–H groups in total. The molecule has 138 valence electrons. The van der Waals surface area contributed by atoms with Crippen molar-refractivity contribution in [2.24, 2.45) is 0 Å². The maximum Gasteiger partial charge on any atom is 0.264 e. The number of hydrogen-bond acceptors (Lipinski definition) is 4. The molecule has 0 aliphatic heterocycles. The van der Waals surface area contributed by atoms with Crippen molar-refractivity contribution in [2.75, 3.05) is 6.54 Å². The first-order valence-electron chi connectivity index (χ1n) is 8.98. The van der Waals surface area contributed by atoms with Crippen LogP contribution in [0.5, 0.6) is 0 Å². The molecule has 0 atom stereocenters. The summed E-state index contributed by atoms with van der Waals surface area (Å²) in [6, 6.07) is 13.5. The number of aromatic nitrogens is 3. The Hall–Kier alpha value is -3.28. The lowest BCUT2D eigenvalue weighted by atomic mass is 10.1. The van der Waals surface area contributed by atoms with Crippen molar-refractivity contribution in [1.82, 2.24) is 20.3 Å². The molecule has 1 aromatic carbocycles. The van der Waals surface area contributed by atoms with Crippen LogP contribution < -0.4 is 10.9 Å². The Morgan fingerprint density at radius 2 is 2.00 bits per heavy atom. The summed E-state index contributed by atoms with van der Waals surface area (Å²) >= 11 is 0. The zero-order valence-electron chi connectivity index (χ0n) is 15.2. The Labute approximate surface area is 157 Å². The van der Waals surface area contributed by atoms with E-state index in [0.717, 1.165) is 36.1 Å². The largest absolute Gasteiger partial charge is 0.352 e. The highest BCUT2D eigenvalue weighted by Gasteiger charge is 2.12. The average molecular weight is 362 g/mol. The molecule has 0 spiro atoms. The molecule has 0 saturated carbocycles. The lowest BCUT2D eigenvalue weighted by Gasteiger charge is -2.06. The lowest BCUT2D eigenvalue weighted by molar-refractivity contribution is 0.0951. The molecule has 2 heterocycles. The number of rotatable bonds is 7. The van der Waals surface area contributed by atoms with Crippen LogP contribution >= 0.6 is 0 Å². The summed E-state index contributed by atoms with van der Waals surface area (Å²) in [5.41, 5.74) is 2.51. The van der Waals surface area contributed by atoms with Crippen molar-refractivity contribution < 1.29 is 4.79 Å². The van der Waals surface area contributed by atoms with Crippen LogP contribution in [0.15, 0.2) is 59.7 Å². The molecule has 0 radical (unpaired) electrons. The molecule has 0 aliphatic carbocycles. The molecule has 1 amide bonds. The van der Waals surface area contributed by atoms with Crippen LogP contribution in [0.2, 0.25) is 0 Å². The van der Waals surface area contributed by atoms with E-state index in [1.54, 1.807) is 6.20 Å². The van der Waals surface area contributed by atoms with Gasteiger partial charge in [0.1, 0.15) is 11.4 Å². The molecule has 3 aromatic rings.